The van der Waals surface area contributed by atoms with E-state index in [1.54, 1.807) is 5.51 Å². The van der Waals surface area contributed by atoms with Gasteiger partial charge in [0.2, 0.25) is 0 Å². The van der Waals surface area contributed by atoms with E-state index >= 15 is 0 Å². The minimum Gasteiger partial charge on any atom is -0.241 e. The molecule has 3 rings (SSSR count). The minimum absolute atomic E-state index is 0.456. The van der Waals surface area contributed by atoms with Gasteiger partial charge in [-0.2, -0.15) is 0 Å². The van der Waals surface area contributed by atoms with Crippen LogP contribution in [0.3, 0.4) is 0 Å². The zero-order valence-electron chi connectivity index (χ0n) is 9.55. The van der Waals surface area contributed by atoms with E-state index in [1.165, 1.54) is 11.3 Å². The minimum atomic E-state index is 0.456. The molecule has 94 valence electrons. The standard InChI is InChI=1S/C13H7ClIN3S/c14-12-10(15)11(8-4-2-1-3-5-8)17-13(18-12)9-6-19-7-16-9/h1-7H. The normalized spacial score (nSPS) is 10.6. The molecule has 0 atom stereocenters. The van der Waals surface area contributed by atoms with E-state index in [9.17, 15) is 0 Å². The lowest BCUT2D eigenvalue weighted by Crippen LogP contribution is -1.97. The van der Waals surface area contributed by atoms with Gasteiger partial charge in [0.05, 0.1) is 14.8 Å². The fraction of sp³-hybridized carbons (Fsp3) is 0. The molecule has 0 N–H and O–H groups in total. The monoisotopic (exact) mass is 399 g/mol. The van der Waals surface area contributed by atoms with Gasteiger partial charge in [0, 0.05) is 10.9 Å². The van der Waals surface area contributed by atoms with Crippen LogP contribution in [0.15, 0.2) is 41.2 Å². The molecule has 0 bridgehead atoms. The Balaban J connectivity index is 2.20. The molecular formula is C13H7ClIN3S. The molecule has 0 saturated carbocycles. The summed E-state index contributed by atoms with van der Waals surface area (Å²) in [6.07, 6.45) is 0. The number of aromatic nitrogens is 3. The number of rotatable bonds is 2. The van der Waals surface area contributed by atoms with Gasteiger partial charge in [0.25, 0.3) is 0 Å². The quantitative estimate of drug-likeness (QED) is 0.469. The van der Waals surface area contributed by atoms with Gasteiger partial charge >= 0.3 is 0 Å². The molecule has 19 heavy (non-hydrogen) atoms. The zero-order valence-corrected chi connectivity index (χ0v) is 13.3. The maximum atomic E-state index is 6.20. The first-order valence-electron chi connectivity index (χ1n) is 5.42. The molecule has 0 radical (unpaired) electrons. The number of hydrogen-bond acceptors (Lipinski definition) is 4. The first-order valence-corrected chi connectivity index (χ1v) is 7.82. The molecule has 1 aromatic carbocycles. The van der Waals surface area contributed by atoms with Crippen molar-refractivity contribution in [2.45, 2.75) is 0 Å². The van der Waals surface area contributed by atoms with Crippen molar-refractivity contribution in [1.82, 2.24) is 15.0 Å². The lowest BCUT2D eigenvalue weighted by molar-refractivity contribution is 1.14. The van der Waals surface area contributed by atoms with E-state index in [2.05, 4.69) is 37.5 Å². The van der Waals surface area contributed by atoms with Crippen molar-refractivity contribution in [3.8, 4) is 22.8 Å². The number of benzene rings is 1. The average Bonchev–Trinajstić information content (AvgIpc) is 2.97. The van der Waals surface area contributed by atoms with Crippen LogP contribution in [0.5, 0.6) is 0 Å². The van der Waals surface area contributed by atoms with Crippen LogP contribution in [0, 0.1) is 3.57 Å². The van der Waals surface area contributed by atoms with Crippen LogP contribution in [0.25, 0.3) is 22.8 Å². The van der Waals surface area contributed by atoms with Crippen molar-refractivity contribution in [3.05, 3.63) is 49.9 Å². The first-order chi connectivity index (χ1) is 9.25. The molecule has 0 aliphatic carbocycles. The number of nitrogens with zero attached hydrogens (tertiary/aromatic N) is 3. The summed E-state index contributed by atoms with van der Waals surface area (Å²) in [6.45, 7) is 0. The molecule has 3 nitrogen and oxygen atoms in total. The van der Waals surface area contributed by atoms with Crippen molar-refractivity contribution in [2.24, 2.45) is 0 Å². The van der Waals surface area contributed by atoms with Crippen molar-refractivity contribution in [3.63, 3.8) is 0 Å². The Labute approximate surface area is 132 Å². The molecule has 0 fully saturated rings. The van der Waals surface area contributed by atoms with Crippen LogP contribution in [0.4, 0.5) is 0 Å². The molecular weight excluding hydrogens is 393 g/mol. The SMILES string of the molecule is Clc1nc(-c2cscn2)nc(-c2ccccc2)c1I. The Hall–Kier alpha value is -1.05. The zero-order chi connectivity index (χ0) is 13.2. The van der Waals surface area contributed by atoms with E-state index < -0.39 is 0 Å². The van der Waals surface area contributed by atoms with Gasteiger partial charge in [-0.1, -0.05) is 41.9 Å². The van der Waals surface area contributed by atoms with Crippen LogP contribution in [-0.2, 0) is 0 Å². The third-order valence-corrected chi connectivity index (χ3v) is 4.72. The number of halogens is 2. The predicted molar refractivity (Wildman–Crippen MR) is 86.3 cm³/mol. The third-order valence-electron chi connectivity index (χ3n) is 2.52. The van der Waals surface area contributed by atoms with Gasteiger partial charge in [0.1, 0.15) is 10.8 Å². The number of thiazole rings is 1. The Bertz CT molecular complexity index is 701. The summed E-state index contributed by atoms with van der Waals surface area (Å²) < 4.78 is 0.851. The lowest BCUT2D eigenvalue weighted by Gasteiger charge is -2.07. The second-order valence-electron chi connectivity index (χ2n) is 3.74. The molecule has 3 aromatic rings. The summed E-state index contributed by atoms with van der Waals surface area (Å²) in [5, 5.41) is 2.37. The van der Waals surface area contributed by atoms with Crippen LogP contribution < -0.4 is 0 Å². The summed E-state index contributed by atoms with van der Waals surface area (Å²) in [7, 11) is 0. The Morgan fingerprint density at radius 2 is 1.89 bits per heavy atom. The van der Waals surface area contributed by atoms with E-state index in [0.29, 0.717) is 11.0 Å². The van der Waals surface area contributed by atoms with E-state index in [-0.39, 0.29) is 0 Å². The van der Waals surface area contributed by atoms with Crippen molar-refractivity contribution in [2.75, 3.05) is 0 Å². The van der Waals surface area contributed by atoms with Crippen LogP contribution in [-0.4, -0.2) is 15.0 Å². The Morgan fingerprint density at radius 1 is 1.11 bits per heavy atom. The summed E-state index contributed by atoms with van der Waals surface area (Å²) in [4.78, 5) is 13.1. The molecule has 0 saturated heterocycles. The molecule has 2 heterocycles. The maximum absolute atomic E-state index is 6.20. The van der Waals surface area contributed by atoms with Gasteiger partial charge in [-0.3, -0.25) is 0 Å². The van der Waals surface area contributed by atoms with Crippen LogP contribution in [0.1, 0.15) is 0 Å². The van der Waals surface area contributed by atoms with Crippen LogP contribution >= 0.6 is 45.5 Å². The van der Waals surface area contributed by atoms with E-state index in [1.807, 2.05) is 35.7 Å². The van der Waals surface area contributed by atoms with Gasteiger partial charge in [-0.15, -0.1) is 11.3 Å². The first kappa shape index (κ1) is 13.0. The average molecular weight is 400 g/mol. The third kappa shape index (κ3) is 2.63. The highest BCUT2D eigenvalue weighted by Gasteiger charge is 2.14. The summed E-state index contributed by atoms with van der Waals surface area (Å²) in [5.74, 6) is 0.561. The Kier molecular flexibility index (Phi) is 3.76. The van der Waals surface area contributed by atoms with Gasteiger partial charge in [-0.25, -0.2) is 15.0 Å². The lowest BCUT2D eigenvalue weighted by atomic mass is 10.1. The smallest absolute Gasteiger partial charge is 0.181 e. The molecule has 0 aliphatic heterocycles. The van der Waals surface area contributed by atoms with Crippen molar-refractivity contribution in [1.29, 1.82) is 0 Å². The van der Waals surface area contributed by atoms with E-state index in [4.69, 9.17) is 11.6 Å². The molecule has 0 spiro atoms. The predicted octanol–water partition coefficient (Wildman–Crippen LogP) is 4.53. The fourth-order valence-electron chi connectivity index (χ4n) is 1.64. The molecule has 2 aromatic heterocycles. The topological polar surface area (TPSA) is 38.7 Å². The molecule has 0 unspecified atom stereocenters. The fourth-order valence-corrected chi connectivity index (χ4v) is 2.90. The molecule has 6 heteroatoms. The van der Waals surface area contributed by atoms with Gasteiger partial charge in [0.15, 0.2) is 5.82 Å². The molecule has 0 aliphatic rings. The van der Waals surface area contributed by atoms with Crippen molar-refractivity contribution < 1.29 is 0 Å². The van der Waals surface area contributed by atoms with E-state index in [0.717, 1.165) is 20.5 Å². The maximum Gasteiger partial charge on any atom is 0.181 e. The summed E-state index contributed by atoms with van der Waals surface area (Å²) in [5.41, 5.74) is 4.37. The summed E-state index contributed by atoms with van der Waals surface area (Å²) in [6, 6.07) is 9.94. The second kappa shape index (κ2) is 5.52. The highest BCUT2D eigenvalue weighted by molar-refractivity contribution is 14.1. The largest absolute Gasteiger partial charge is 0.241 e. The summed E-state index contributed by atoms with van der Waals surface area (Å²) >= 11 is 9.88. The van der Waals surface area contributed by atoms with Gasteiger partial charge < -0.3 is 0 Å². The second-order valence-corrected chi connectivity index (χ2v) is 5.90. The highest BCUT2D eigenvalue weighted by Crippen LogP contribution is 2.30. The number of hydrogen-bond donors (Lipinski definition) is 0. The van der Waals surface area contributed by atoms with Gasteiger partial charge in [-0.05, 0) is 22.6 Å². The molecule has 0 amide bonds. The Morgan fingerprint density at radius 3 is 2.58 bits per heavy atom. The highest BCUT2D eigenvalue weighted by atomic mass is 127. The van der Waals surface area contributed by atoms with Crippen molar-refractivity contribution >= 4 is 45.5 Å². The van der Waals surface area contributed by atoms with Crippen LogP contribution in [0.2, 0.25) is 5.15 Å².